The minimum Gasteiger partial charge on any atom is -0.453 e. The number of methoxy groups -OCH3 is 2. The van der Waals surface area contributed by atoms with E-state index < -0.39 is 24.3 Å². The second-order valence-electron chi connectivity index (χ2n) is 15.0. The van der Waals surface area contributed by atoms with E-state index in [9.17, 15) is 19.2 Å². The van der Waals surface area contributed by atoms with E-state index in [1.54, 1.807) is 11.1 Å². The number of aromatic nitrogens is 4. The molecule has 4 amide bonds. The molecule has 4 atom stereocenters. The van der Waals surface area contributed by atoms with Crippen molar-refractivity contribution in [2.24, 2.45) is 11.8 Å². The van der Waals surface area contributed by atoms with Crippen molar-refractivity contribution in [2.45, 2.75) is 91.4 Å². The number of amides is 4. The molecule has 56 heavy (non-hydrogen) atoms. The summed E-state index contributed by atoms with van der Waals surface area (Å²) in [5.74, 6) is 0.862. The molecule has 3 heterocycles. The minimum atomic E-state index is -0.721. The van der Waals surface area contributed by atoms with Crippen molar-refractivity contribution in [1.82, 2.24) is 40.4 Å². The number of hydrogen-bond acceptors (Lipinski definition) is 8. The largest absolute Gasteiger partial charge is 0.453 e. The van der Waals surface area contributed by atoms with Crippen molar-refractivity contribution >= 4 is 41.1 Å². The number of H-pyrrole nitrogens is 2. The van der Waals surface area contributed by atoms with Crippen LogP contribution in [0, 0.1) is 11.8 Å². The maximum Gasteiger partial charge on any atom is 0.407 e. The van der Waals surface area contributed by atoms with Gasteiger partial charge in [-0.3, -0.25) is 9.59 Å². The lowest BCUT2D eigenvalue weighted by atomic mass is 10.0. The summed E-state index contributed by atoms with van der Waals surface area (Å²) in [4.78, 5) is 71.0. The van der Waals surface area contributed by atoms with Crippen molar-refractivity contribution in [3.8, 4) is 11.3 Å². The van der Waals surface area contributed by atoms with E-state index in [4.69, 9.17) is 14.5 Å². The summed E-state index contributed by atoms with van der Waals surface area (Å²) in [7, 11) is 2.57. The average Bonchev–Trinajstić information content (AvgIpc) is 3.97. The van der Waals surface area contributed by atoms with Crippen LogP contribution in [0.15, 0.2) is 54.7 Å². The van der Waals surface area contributed by atoms with Gasteiger partial charge in [-0.15, -0.1) is 0 Å². The highest BCUT2D eigenvalue weighted by Gasteiger charge is 2.37. The molecular formula is C42H56N8O6. The zero-order valence-electron chi connectivity index (χ0n) is 33.7. The number of allylic oxidation sites excluding steroid dienone is 1. The standard InChI is InChI=1S/C42H56N8O6/c1-9-21-49(39(51)35(25(2)3)47-41(53)55-7)27(6)37-44-31-20-17-29(23-32(31)45-37)13-10-12-28-15-18-30(19-16-28)33-24-43-38(46-33)34-14-11-22-50(34)40(52)36(26(4)5)48-42(54)56-8/h10,13,15-20,23-27,34-36H,9,11-12,14,21-22H2,1-8H3,(H,43,46)(H,44,45)(H,47,53)(H,48,54)/b13-10+/t27-,34-,35-,36-/m0/s1. The number of likely N-dealkylation sites (tertiary alicyclic amines) is 1. The molecule has 14 nitrogen and oxygen atoms in total. The molecule has 1 saturated heterocycles. The summed E-state index contributed by atoms with van der Waals surface area (Å²) >= 11 is 0. The molecule has 4 aromatic rings. The third-order valence-electron chi connectivity index (χ3n) is 10.3. The van der Waals surface area contributed by atoms with E-state index in [-0.39, 0.29) is 35.7 Å². The summed E-state index contributed by atoms with van der Waals surface area (Å²) in [6.45, 7) is 12.7. The molecule has 1 aliphatic heterocycles. The molecule has 1 aliphatic rings. The molecule has 14 heteroatoms. The first-order valence-electron chi connectivity index (χ1n) is 19.4. The maximum absolute atomic E-state index is 13.7. The van der Waals surface area contributed by atoms with E-state index in [1.165, 1.54) is 14.2 Å². The Labute approximate surface area is 328 Å². The predicted molar refractivity (Wildman–Crippen MR) is 215 cm³/mol. The second-order valence-corrected chi connectivity index (χ2v) is 15.0. The summed E-state index contributed by atoms with van der Waals surface area (Å²) in [5.41, 5.74) is 5.71. The second kappa shape index (κ2) is 18.8. The van der Waals surface area contributed by atoms with Crippen LogP contribution >= 0.6 is 0 Å². The van der Waals surface area contributed by atoms with Crippen LogP contribution in [0.3, 0.4) is 0 Å². The van der Waals surface area contributed by atoms with Gasteiger partial charge in [0.1, 0.15) is 23.7 Å². The first-order chi connectivity index (χ1) is 26.8. The van der Waals surface area contributed by atoms with Crippen molar-refractivity contribution in [2.75, 3.05) is 27.3 Å². The third kappa shape index (κ3) is 9.76. The molecule has 0 aliphatic carbocycles. The van der Waals surface area contributed by atoms with E-state index in [0.717, 1.165) is 64.9 Å². The molecule has 4 N–H and O–H groups in total. The first-order valence-corrected chi connectivity index (χ1v) is 19.4. The number of ether oxygens (including phenoxy) is 2. The van der Waals surface area contributed by atoms with Crippen LogP contribution in [0.5, 0.6) is 0 Å². The van der Waals surface area contributed by atoms with Crippen LogP contribution in [0.2, 0.25) is 0 Å². The topological polar surface area (TPSA) is 175 Å². The van der Waals surface area contributed by atoms with Gasteiger partial charge >= 0.3 is 12.2 Å². The maximum atomic E-state index is 13.7. The first kappa shape index (κ1) is 41.5. The van der Waals surface area contributed by atoms with Crippen molar-refractivity contribution in [3.63, 3.8) is 0 Å². The molecule has 1 fully saturated rings. The van der Waals surface area contributed by atoms with Gasteiger partial charge in [-0.05, 0) is 73.3 Å². The van der Waals surface area contributed by atoms with E-state index in [0.29, 0.717) is 18.9 Å². The normalized spacial score (nSPS) is 16.0. The molecule has 0 spiro atoms. The number of imidazole rings is 2. The number of benzene rings is 2. The molecule has 5 rings (SSSR count). The van der Waals surface area contributed by atoms with Crippen molar-refractivity contribution in [1.29, 1.82) is 0 Å². The summed E-state index contributed by atoms with van der Waals surface area (Å²) in [5, 5.41) is 5.39. The van der Waals surface area contributed by atoms with E-state index in [1.807, 2.05) is 64.6 Å². The lowest BCUT2D eigenvalue weighted by Gasteiger charge is -2.32. The Bertz CT molecular complexity index is 2000. The lowest BCUT2D eigenvalue weighted by Crippen LogP contribution is -2.52. The molecule has 2 aromatic heterocycles. The molecule has 0 bridgehead atoms. The number of alkyl carbamates (subject to hydrolysis) is 2. The van der Waals surface area contributed by atoms with Crippen LogP contribution in [-0.2, 0) is 25.5 Å². The molecule has 300 valence electrons. The van der Waals surface area contributed by atoms with Crippen molar-refractivity contribution < 1.29 is 28.7 Å². The minimum absolute atomic E-state index is 0.101. The van der Waals surface area contributed by atoms with Gasteiger partial charge in [0.15, 0.2) is 0 Å². The Morgan fingerprint density at radius 3 is 2.27 bits per heavy atom. The Balaban J connectivity index is 1.22. The summed E-state index contributed by atoms with van der Waals surface area (Å²) in [6, 6.07) is 12.4. The number of carbonyl (C=O) groups is 4. The lowest BCUT2D eigenvalue weighted by molar-refractivity contribution is -0.137. The molecular weight excluding hydrogens is 713 g/mol. The molecule has 0 saturated carbocycles. The van der Waals surface area contributed by atoms with Gasteiger partial charge in [0.2, 0.25) is 11.8 Å². The molecule has 0 radical (unpaired) electrons. The summed E-state index contributed by atoms with van der Waals surface area (Å²) < 4.78 is 9.52. The number of hydrogen-bond donors (Lipinski definition) is 4. The quantitative estimate of drug-likeness (QED) is 0.101. The predicted octanol–water partition coefficient (Wildman–Crippen LogP) is 6.93. The van der Waals surface area contributed by atoms with Crippen LogP contribution in [0.25, 0.3) is 28.4 Å². The number of rotatable bonds is 15. The Morgan fingerprint density at radius 2 is 1.62 bits per heavy atom. The zero-order valence-corrected chi connectivity index (χ0v) is 33.7. The number of fused-ring (bicyclic) bond motifs is 1. The van der Waals surface area contributed by atoms with Crippen LogP contribution in [0.4, 0.5) is 9.59 Å². The number of carbonyl (C=O) groups excluding carboxylic acids is 4. The fraction of sp³-hybridized carbons (Fsp3) is 0.476. The highest BCUT2D eigenvalue weighted by atomic mass is 16.5. The van der Waals surface area contributed by atoms with Crippen LogP contribution in [-0.4, -0.2) is 93.1 Å². The van der Waals surface area contributed by atoms with Gasteiger partial charge in [0.25, 0.3) is 0 Å². The van der Waals surface area contributed by atoms with Crippen LogP contribution in [0.1, 0.15) is 95.7 Å². The zero-order chi connectivity index (χ0) is 40.5. The number of aromatic amines is 2. The van der Waals surface area contributed by atoms with Gasteiger partial charge in [-0.2, -0.15) is 0 Å². The van der Waals surface area contributed by atoms with Gasteiger partial charge in [-0.1, -0.05) is 77.1 Å². The smallest absolute Gasteiger partial charge is 0.407 e. The Morgan fingerprint density at radius 1 is 0.946 bits per heavy atom. The van der Waals surface area contributed by atoms with Gasteiger partial charge in [-0.25, -0.2) is 19.6 Å². The van der Waals surface area contributed by atoms with E-state index in [2.05, 4.69) is 62.0 Å². The number of nitrogens with one attached hydrogen (secondary N) is 4. The fourth-order valence-electron chi connectivity index (χ4n) is 7.11. The Kier molecular flexibility index (Phi) is 13.9. The molecule has 2 aromatic carbocycles. The van der Waals surface area contributed by atoms with Gasteiger partial charge in [0, 0.05) is 13.1 Å². The monoisotopic (exact) mass is 768 g/mol. The van der Waals surface area contributed by atoms with Crippen molar-refractivity contribution in [3.05, 3.63) is 77.5 Å². The average molecular weight is 769 g/mol. The molecule has 0 unspecified atom stereocenters. The SMILES string of the molecule is CCCN(C(=O)[C@@H](NC(=O)OC)C(C)C)[C@@H](C)c1nc2ccc(/C=C/Cc3ccc(-c4cnc([C@@H]5CCCN5C(=O)[C@@H](NC(=O)OC)C(C)C)[nH]4)cc3)cc2[nH]1. The van der Waals surface area contributed by atoms with Gasteiger partial charge < -0.3 is 39.9 Å². The van der Waals surface area contributed by atoms with Gasteiger partial charge in [0.05, 0.1) is 49.2 Å². The van der Waals surface area contributed by atoms with E-state index >= 15 is 0 Å². The summed E-state index contributed by atoms with van der Waals surface area (Å²) in [6.07, 6.45) is 7.88. The fourth-order valence-corrected chi connectivity index (χ4v) is 7.11. The third-order valence-corrected chi connectivity index (χ3v) is 10.3. The highest BCUT2D eigenvalue weighted by Crippen LogP contribution is 2.33. The number of nitrogens with zero attached hydrogens (tertiary/aromatic N) is 4. The Hall–Kier alpha value is -5.66. The highest BCUT2D eigenvalue weighted by molar-refractivity contribution is 5.87. The van der Waals surface area contributed by atoms with Crippen LogP contribution < -0.4 is 10.6 Å².